The van der Waals surface area contributed by atoms with Gasteiger partial charge >= 0.3 is 0 Å². The minimum absolute atomic E-state index is 0.277. The molecular formula is C12H24Cl2. The van der Waals surface area contributed by atoms with Gasteiger partial charge in [0.15, 0.2) is 0 Å². The molecule has 1 unspecified atom stereocenters. The van der Waals surface area contributed by atoms with E-state index in [0.717, 1.165) is 6.42 Å². The van der Waals surface area contributed by atoms with Gasteiger partial charge in [0.2, 0.25) is 0 Å². The molecule has 0 aromatic rings. The predicted molar refractivity (Wildman–Crippen MR) is 67.6 cm³/mol. The van der Waals surface area contributed by atoms with Crippen LogP contribution in [0.2, 0.25) is 0 Å². The van der Waals surface area contributed by atoms with Crippen LogP contribution in [0, 0.1) is 0 Å². The second-order valence-corrected chi connectivity index (χ2v) is 6.61. The fourth-order valence-corrected chi connectivity index (χ4v) is 1.59. The Hall–Kier alpha value is 0.580. The molecule has 0 spiro atoms. The van der Waals surface area contributed by atoms with Crippen molar-refractivity contribution < 1.29 is 0 Å². The van der Waals surface area contributed by atoms with Crippen LogP contribution in [0.4, 0.5) is 0 Å². The van der Waals surface area contributed by atoms with Crippen molar-refractivity contribution in [1.82, 2.24) is 0 Å². The largest absolute Gasteiger partial charge is 0.118 e. The van der Waals surface area contributed by atoms with Crippen LogP contribution in [0.3, 0.4) is 0 Å². The topological polar surface area (TPSA) is 0 Å². The van der Waals surface area contributed by atoms with E-state index in [1.165, 1.54) is 32.1 Å². The summed E-state index contributed by atoms with van der Waals surface area (Å²) in [7, 11) is 0. The molecule has 0 radical (unpaired) electrons. The molecule has 0 aliphatic rings. The van der Waals surface area contributed by atoms with E-state index >= 15 is 0 Å². The number of alkyl halides is 2. The van der Waals surface area contributed by atoms with Gasteiger partial charge in [-0.3, -0.25) is 0 Å². The first-order chi connectivity index (χ1) is 6.31. The van der Waals surface area contributed by atoms with E-state index in [0.29, 0.717) is 0 Å². The molecule has 0 heterocycles. The van der Waals surface area contributed by atoms with E-state index in [1.807, 2.05) is 20.8 Å². The zero-order valence-electron chi connectivity index (χ0n) is 10.00. The minimum Gasteiger partial charge on any atom is -0.118 e. The highest BCUT2D eigenvalue weighted by molar-refractivity contribution is 6.34. The van der Waals surface area contributed by atoms with Crippen molar-refractivity contribution in [2.75, 3.05) is 0 Å². The molecule has 0 saturated carbocycles. The van der Waals surface area contributed by atoms with Gasteiger partial charge in [0, 0.05) is 0 Å². The maximum Gasteiger partial charge on any atom is 0.0604 e. The van der Waals surface area contributed by atoms with Gasteiger partial charge in [-0.05, 0) is 27.2 Å². The Morgan fingerprint density at radius 3 is 1.79 bits per heavy atom. The van der Waals surface area contributed by atoms with E-state index in [9.17, 15) is 0 Å². The van der Waals surface area contributed by atoms with Gasteiger partial charge in [-0.1, -0.05) is 39.0 Å². The fourth-order valence-electron chi connectivity index (χ4n) is 1.36. The molecule has 0 N–H and O–H groups in total. The number of rotatable bonds is 7. The minimum atomic E-state index is -0.320. The molecule has 0 bridgehead atoms. The van der Waals surface area contributed by atoms with Crippen LogP contribution in [0.15, 0.2) is 0 Å². The first-order valence-corrected chi connectivity index (χ1v) is 6.44. The molecule has 14 heavy (non-hydrogen) atoms. The Labute approximate surface area is 99.4 Å². The van der Waals surface area contributed by atoms with Crippen LogP contribution in [-0.4, -0.2) is 9.75 Å². The first kappa shape index (κ1) is 14.6. The Kier molecular flexibility index (Phi) is 6.48. The summed E-state index contributed by atoms with van der Waals surface area (Å²) in [5.41, 5.74) is 0. The first-order valence-electron chi connectivity index (χ1n) is 5.69. The lowest BCUT2D eigenvalue weighted by Crippen LogP contribution is -2.37. The molecule has 0 amide bonds. The van der Waals surface area contributed by atoms with Crippen LogP contribution in [-0.2, 0) is 0 Å². The fraction of sp³-hybridized carbons (Fsp3) is 1.00. The Balaban J connectivity index is 3.67. The molecule has 0 aliphatic heterocycles. The molecular weight excluding hydrogens is 215 g/mol. The normalized spacial score (nSPS) is 16.7. The van der Waals surface area contributed by atoms with Crippen molar-refractivity contribution in [3.05, 3.63) is 0 Å². The summed E-state index contributed by atoms with van der Waals surface area (Å²) in [4.78, 5) is -0.597. The van der Waals surface area contributed by atoms with E-state index in [4.69, 9.17) is 23.2 Å². The summed E-state index contributed by atoms with van der Waals surface area (Å²) < 4.78 is 0. The second-order valence-electron chi connectivity index (χ2n) is 4.83. The third kappa shape index (κ3) is 5.46. The van der Waals surface area contributed by atoms with Gasteiger partial charge < -0.3 is 0 Å². The molecule has 0 nitrogen and oxygen atoms in total. The Bertz CT molecular complexity index is 145. The van der Waals surface area contributed by atoms with Crippen molar-refractivity contribution in [3.8, 4) is 0 Å². The van der Waals surface area contributed by atoms with Crippen LogP contribution < -0.4 is 0 Å². The van der Waals surface area contributed by atoms with Crippen molar-refractivity contribution in [2.24, 2.45) is 0 Å². The zero-order chi connectivity index (χ0) is 11.2. The third-order valence-electron chi connectivity index (χ3n) is 2.99. The Morgan fingerprint density at radius 2 is 1.36 bits per heavy atom. The quantitative estimate of drug-likeness (QED) is 0.414. The standard InChI is InChI=1S/C12H24Cl2/c1-5-6-7-8-9-10-12(4,14)11(2,3)13/h5-10H2,1-4H3. The summed E-state index contributed by atoms with van der Waals surface area (Å²) in [5.74, 6) is 0. The molecule has 0 saturated heterocycles. The maximum atomic E-state index is 6.39. The molecule has 0 rings (SSSR count). The molecule has 0 aromatic heterocycles. The Morgan fingerprint density at radius 1 is 0.857 bits per heavy atom. The maximum absolute atomic E-state index is 6.39. The van der Waals surface area contributed by atoms with Crippen LogP contribution >= 0.6 is 23.2 Å². The van der Waals surface area contributed by atoms with E-state index < -0.39 is 0 Å². The van der Waals surface area contributed by atoms with Gasteiger partial charge in [-0.2, -0.15) is 0 Å². The summed E-state index contributed by atoms with van der Waals surface area (Å²) >= 11 is 12.6. The van der Waals surface area contributed by atoms with Crippen LogP contribution in [0.5, 0.6) is 0 Å². The molecule has 2 heteroatoms. The van der Waals surface area contributed by atoms with Crippen molar-refractivity contribution in [1.29, 1.82) is 0 Å². The lowest BCUT2D eigenvalue weighted by Gasteiger charge is -2.34. The predicted octanol–water partition coefficient (Wildman–Crippen LogP) is 5.36. The van der Waals surface area contributed by atoms with Crippen LogP contribution in [0.25, 0.3) is 0 Å². The lowest BCUT2D eigenvalue weighted by molar-refractivity contribution is 0.434. The molecule has 86 valence electrons. The average molecular weight is 239 g/mol. The molecule has 1 atom stereocenters. The molecule has 0 aliphatic carbocycles. The second kappa shape index (κ2) is 6.23. The smallest absolute Gasteiger partial charge is 0.0604 e. The molecule has 0 aromatic carbocycles. The van der Waals surface area contributed by atoms with E-state index in [1.54, 1.807) is 0 Å². The van der Waals surface area contributed by atoms with Gasteiger partial charge in [-0.25, -0.2) is 0 Å². The number of hydrogen-bond donors (Lipinski definition) is 0. The summed E-state index contributed by atoms with van der Waals surface area (Å²) in [6.45, 7) is 8.26. The van der Waals surface area contributed by atoms with Gasteiger partial charge in [0.05, 0.1) is 9.75 Å². The number of halogens is 2. The SMILES string of the molecule is CCCCCCCC(C)(Cl)C(C)(C)Cl. The summed E-state index contributed by atoms with van der Waals surface area (Å²) in [6.07, 6.45) is 7.43. The van der Waals surface area contributed by atoms with Gasteiger partial charge in [0.1, 0.15) is 0 Å². The average Bonchev–Trinajstić information content (AvgIpc) is 2.02. The van der Waals surface area contributed by atoms with Crippen molar-refractivity contribution in [3.63, 3.8) is 0 Å². The van der Waals surface area contributed by atoms with E-state index in [2.05, 4.69) is 6.92 Å². The van der Waals surface area contributed by atoms with E-state index in [-0.39, 0.29) is 9.75 Å². The highest BCUT2D eigenvalue weighted by Gasteiger charge is 2.36. The molecule has 0 fully saturated rings. The van der Waals surface area contributed by atoms with Gasteiger partial charge in [-0.15, -0.1) is 23.2 Å². The summed E-state index contributed by atoms with van der Waals surface area (Å²) in [6, 6.07) is 0. The zero-order valence-corrected chi connectivity index (χ0v) is 11.5. The number of hydrogen-bond acceptors (Lipinski definition) is 0. The highest BCUT2D eigenvalue weighted by atomic mass is 35.5. The third-order valence-corrected chi connectivity index (χ3v) is 4.16. The van der Waals surface area contributed by atoms with Crippen LogP contribution in [0.1, 0.15) is 66.2 Å². The highest BCUT2D eigenvalue weighted by Crippen LogP contribution is 2.38. The van der Waals surface area contributed by atoms with Gasteiger partial charge in [0.25, 0.3) is 0 Å². The summed E-state index contributed by atoms with van der Waals surface area (Å²) in [5, 5.41) is 0. The van der Waals surface area contributed by atoms with Crippen molar-refractivity contribution >= 4 is 23.2 Å². The number of unbranched alkanes of at least 4 members (excludes halogenated alkanes) is 4. The monoisotopic (exact) mass is 238 g/mol. The lowest BCUT2D eigenvalue weighted by atomic mass is 9.90. The van der Waals surface area contributed by atoms with Crippen molar-refractivity contribution in [2.45, 2.75) is 76.0 Å².